The zero-order chi connectivity index (χ0) is 30.4. The van der Waals surface area contributed by atoms with Crippen LogP contribution in [0.1, 0.15) is 54.3 Å². The zero-order valence-electron chi connectivity index (χ0n) is 24.1. The number of carboxylic acids is 1. The van der Waals surface area contributed by atoms with E-state index in [1.165, 1.54) is 10.8 Å². The lowest BCUT2D eigenvalue weighted by molar-refractivity contribution is -0.391. The van der Waals surface area contributed by atoms with Gasteiger partial charge >= 0.3 is 11.8 Å². The molecule has 0 radical (unpaired) electrons. The Morgan fingerprint density at radius 2 is 1.79 bits per heavy atom. The molecule has 14 heteroatoms. The number of rotatable bonds is 9. The van der Waals surface area contributed by atoms with Crippen molar-refractivity contribution < 1.29 is 24.3 Å². The molecule has 3 aliphatic rings. The summed E-state index contributed by atoms with van der Waals surface area (Å²) in [6, 6.07) is 2.87. The molecule has 1 aliphatic carbocycles. The number of nitrogens with zero attached hydrogens (tertiary/aromatic N) is 7. The van der Waals surface area contributed by atoms with Crippen LogP contribution in [0.5, 0.6) is 0 Å². The van der Waals surface area contributed by atoms with E-state index in [1.807, 2.05) is 14.7 Å². The summed E-state index contributed by atoms with van der Waals surface area (Å²) in [5.41, 5.74) is -0.190. The van der Waals surface area contributed by atoms with Crippen LogP contribution in [0.25, 0.3) is 10.9 Å². The summed E-state index contributed by atoms with van der Waals surface area (Å²) in [6.45, 7) is 5.51. The van der Waals surface area contributed by atoms with E-state index in [4.69, 9.17) is 0 Å². The van der Waals surface area contributed by atoms with Crippen LogP contribution < -0.4 is 15.2 Å². The van der Waals surface area contributed by atoms with Crippen molar-refractivity contribution >= 4 is 34.2 Å². The highest BCUT2D eigenvalue weighted by atomic mass is 19.1. The molecular formula is C29H36FN7O6. The third-order valence-electron chi connectivity index (χ3n) is 8.79. The Bertz CT molecular complexity index is 1620. The average Bonchev–Trinajstić information content (AvgIpc) is 3.77. The van der Waals surface area contributed by atoms with Gasteiger partial charge in [0.2, 0.25) is 11.2 Å². The van der Waals surface area contributed by atoms with Gasteiger partial charge in [-0.3, -0.25) is 9.69 Å². The number of fused-ring (bicyclic) bond motifs is 1. The Labute approximate surface area is 246 Å². The number of piperazine rings is 1. The minimum absolute atomic E-state index is 0.0412. The molecular weight excluding hydrogens is 561 g/mol. The monoisotopic (exact) mass is 597 g/mol. The number of hydrogen-bond acceptors (Lipinski definition) is 9. The SMILES string of the molecule is Cc1nc(N2CCCCC2)c([N+](=O)[O-])n1CC(O)CN1CCN(c2cc3c(cc2F)c(=O)c(C(=O)O)cn3C2CC2)CC1. The highest BCUT2D eigenvalue weighted by molar-refractivity contribution is 5.93. The Kier molecular flexibility index (Phi) is 7.81. The number of pyridine rings is 1. The Hall–Kier alpha value is -4.04. The van der Waals surface area contributed by atoms with Crippen LogP contribution in [0.15, 0.2) is 23.1 Å². The molecule has 1 unspecified atom stereocenters. The van der Waals surface area contributed by atoms with Crippen LogP contribution in [0.4, 0.5) is 21.7 Å². The molecule has 0 bridgehead atoms. The number of aliphatic hydroxyl groups is 1. The van der Waals surface area contributed by atoms with Gasteiger partial charge in [-0.05, 0) is 49.2 Å². The third kappa shape index (κ3) is 5.68. The Balaban J connectivity index is 1.14. The summed E-state index contributed by atoms with van der Waals surface area (Å²) in [5.74, 6) is -1.15. The van der Waals surface area contributed by atoms with Gasteiger partial charge in [-0.1, -0.05) is 0 Å². The van der Waals surface area contributed by atoms with Gasteiger partial charge in [0.05, 0.1) is 11.2 Å². The zero-order valence-corrected chi connectivity index (χ0v) is 24.1. The summed E-state index contributed by atoms with van der Waals surface area (Å²) < 4.78 is 18.6. The van der Waals surface area contributed by atoms with Gasteiger partial charge in [0.1, 0.15) is 24.0 Å². The highest BCUT2D eigenvalue weighted by Crippen LogP contribution is 2.38. The van der Waals surface area contributed by atoms with E-state index in [9.17, 15) is 29.9 Å². The second kappa shape index (κ2) is 11.6. The minimum Gasteiger partial charge on any atom is -0.477 e. The molecule has 13 nitrogen and oxygen atoms in total. The van der Waals surface area contributed by atoms with E-state index in [2.05, 4.69) is 4.98 Å². The van der Waals surface area contributed by atoms with Crippen molar-refractivity contribution in [2.24, 2.45) is 0 Å². The highest BCUT2D eigenvalue weighted by Gasteiger charge is 2.32. The van der Waals surface area contributed by atoms with Crippen molar-refractivity contribution in [3.05, 3.63) is 55.9 Å². The second-order valence-electron chi connectivity index (χ2n) is 11.8. The standard InChI is InChI=1S/C29H36FN7O6/c1-18-31-27(34-7-3-2-4-8-34)28(37(42)43)35(18)16-20(38)15-32-9-11-33(12-10-32)25-14-24-21(13-23(25)30)26(39)22(29(40)41)17-36(24)19-5-6-19/h13-14,17,19-20,38H,2-12,15-16H2,1H3,(H,40,41). The first-order chi connectivity index (χ1) is 20.6. The van der Waals surface area contributed by atoms with Gasteiger partial charge in [0, 0.05) is 70.4 Å². The molecule has 2 N–H and O–H groups in total. The maximum absolute atomic E-state index is 15.3. The van der Waals surface area contributed by atoms with Crippen LogP contribution in [0.2, 0.25) is 0 Å². The predicted octanol–water partition coefficient (Wildman–Crippen LogP) is 2.76. The summed E-state index contributed by atoms with van der Waals surface area (Å²) in [5, 5.41) is 32.5. The van der Waals surface area contributed by atoms with E-state index in [0.717, 1.165) is 51.3 Å². The molecule has 1 atom stereocenters. The maximum atomic E-state index is 15.3. The van der Waals surface area contributed by atoms with Crippen LogP contribution in [-0.2, 0) is 6.54 Å². The summed E-state index contributed by atoms with van der Waals surface area (Å²) in [7, 11) is 0. The van der Waals surface area contributed by atoms with Crippen molar-refractivity contribution in [2.45, 2.75) is 57.7 Å². The molecule has 3 fully saturated rings. The number of aromatic carboxylic acids is 1. The van der Waals surface area contributed by atoms with Crippen LogP contribution in [0, 0.1) is 22.9 Å². The predicted molar refractivity (Wildman–Crippen MR) is 158 cm³/mol. The van der Waals surface area contributed by atoms with Gasteiger partial charge in [-0.15, -0.1) is 0 Å². The average molecular weight is 598 g/mol. The van der Waals surface area contributed by atoms with Crippen LogP contribution >= 0.6 is 0 Å². The van der Waals surface area contributed by atoms with Gasteiger partial charge in [0.25, 0.3) is 0 Å². The number of benzene rings is 1. The van der Waals surface area contributed by atoms with Crippen molar-refractivity contribution in [2.75, 3.05) is 55.6 Å². The fourth-order valence-electron chi connectivity index (χ4n) is 6.40. The number of aliphatic hydroxyl groups excluding tert-OH is 1. The molecule has 1 saturated carbocycles. The number of piperidine rings is 1. The first-order valence-electron chi connectivity index (χ1n) is 14.9. The smallest absolute Gasteiger partial charge is 0.367 e. The van der Waals surface area contributed by atoms with E-state index in [0.29, 0.717) is 55.6 Å². The first-order valence-corrected chi connectivity index (χ1v) is 14.9. The molecule has 4 heterocycles. The molecule has 2 aliphatic heterocycles. The number of hydrogen-bond donors (Lipinski definition) is 2. The second-order valence-corrected chi connectivity index (χ2v) is 11.8. The molecule has 43 heavy (non-hydrogen) atoms. The number of aromatic nitrogens is 3. The fraction of sp³-hybridized carbons (Fsp3) is 0.552. The minimum atomic E-state index is -1.33. The molecule has 3 aromatic rings. The molecule has 1 aromatic carbocycles. The Morgan fingerprint density at radius 3 is 2.42 bits per heavy atom. The lowest BCUT2D eigenvalue weighted by Crippen LogP contribution is -2.49. The number of anilines is 2. The number of halogens is 1. The summed E-state index contributed by atoms with van der Waals surface area (Å²) in [6.07, 6.45) is 5.25. The van der Waals surface area contributed by atoms with Gasteiger partial charge < -0.3 is 34.7 Å². The third-order valence-corrected chi connectivity index (χ3v) is 8.79. The number of β-amino-alcohol motifs (C(OH)–C–C–N with tert-alkyl or cyclic N) is 1. The summed E-state index contributed by atoms with van der Waals surface area (Å²) in [4.78, 5) is 46.4. The van der Waals surface area contributed by atoms with Crippen molar-refractivity contribution in [3.63, 3.8) is 0 Å². The van der Waals surface area contributed by atoms with Gasteiger partial charge in [-0.2, -0.15) is 4.98 Å². The van der Waals surface area contributed by atoms with E-state index >= 15 is 4.39 Å². The van der Waals surface area contributed by atoms with E-state index in [1.54, 1.807) is 17.6 Å². The summed E-state index contributed by atoms with van der Waals surface area (Å²) >= 11 is 0. The fourth-order valence-corrected chi connectivity index (χ4v) is 6.40. The van der Waals surface area contributed by atoms with E-state index in [-0.39, 0.29) is 29.4 Å². The number of nitro groups is 1. The largest absolute Gasteiger partial charge is 0.477 e. The molecule has 0 spiro atoms. The van der Waals surface area contributed by atoms with Gasteiger partial charge in [0.15, 0.2) is 5.82 Å². The van der Waals surface area contributed by atoms with Gasteiger partial charge in [-0.25, -0.2) is 13.8 Å². The quantitative estimate of drug-likeness (QED) is 0.278. The van der Waals surface area contributed by atoms with E-state index < -0.39 is 28.2 Å². The lowest BCUT2D eigenvalue weighted by atomic mass is 10.1. The molecule has 0 amide bonds. The molecule has 2 aromatic heterocycles. The Morgan fingerprint density at radius 1 is 1.09 bits per heavy atom. The van der Waals surface area contributed by atoms with Crippen molar-refractivity contribution in [1.82, 2.24) is 19.0 Å². The maximum Gasteiger partial charge on any atom is 0.367 e. The number of imidazole rings is 1. The van der Waals surface area contributed by atoms with Crippen LogP contribution in [0.3, 0.4) is 0 Å². The van der Waals surface area contributed by atoms with Crippen molar-refractivity contribution in [1.29, 1.82) is 0 Å². The van der Waals surface area contributed by atoms with Crippen LogP contribution in [-0.4, -0.2) is 92.0 Å². The molecule has 6 rings (SSSR count). The number of carbonyl (C=O) groups is 1. The molecule has 230 valence electrons. The first kappa shape index (κ1) is 29.1. The number of carboxylic acid groups (broad SMARTS) is 1. The van der Waals surface area contributed by atoms with Crippen molar-refractivity contribution in [3.8, 4) is 0 Å². The molecule has 2 saturated heterocycles. The lowest BCUT2D eigenvalue weighted by Gasteiger charge is -2.37. The topological polar surface area (TPSA) is 150 Å². The normalized spacial score (nSPS) is 18.8. The number of aryl methyl sites for hydroxylation is 1.